The minimum Gasteiger partial charge on any atom is -0.346 e. The summed E-state index contributed by atoms with van der Waals surface area (Å²) in [5.41, 5.74) is 2.60. The first-order valence-corrected chi connectivity index (χ1v) is 10.4. The molecule has 0 saturated carbocycles. The summed E-state index contributed by atoms with van der Waals surface area (Å²) in [6.07, 6.45) is 1.83. The van der Waals surface area contributed by atoms with Gasteiger partial charge in [0.25, 0.3) is 0 Å². The number of hydrogen-bond donors (Lipinski definition) is 3. The van der Waals surface area contributed by atoms with Crippen LogP contribution in [0.1, 0.15) is 25.2 Å². The van der Waals surface area contributed by atoms with E-state index in [-0.39, 0.29) is 24.3 Å². The fourth-order valence-electron chi connectivity index (χ4n) is 3.12. The van der Waals surface area contributed by atoms with E-state index in [2.05, 4.69) is 20.6 Å². The molecule has 8 heteroatoms. The van der Waals surface area contributed by atoms with Crippen molar-refractivity contribution in [3.8, 4) is 11.3 Å². The first-order chi connectivity index (χ1) is 14.0. The highest BCUT2D eigenvalue weighted by molar-refractivity contribution is 8.01. The Morgan fingerprint density at radius 1 is 1.28 bits per heavy atom. The molecule has 0 spiro atoms. The SMILES string of the molecule is CC(NC(=O)CC1Sc2ccc(Cl)cc2NC1=O)c1ncc(-c2ccccc2)[nH]1. The van der Waals surface area contributed by atoms with Crippen LogP contribution in [0.2, 0.25) is 5.02 Å². The fraction of sp³-hybridized carbons (Fsp3) is 0.190. The number of carbonyl (C=O) groups is 2. The van der Waals surface area contributed by atoms with Gasteiger partial charge >= 0.3 is 0 Å². The second-order valence-electron chi connectivity index (χ2n) is 6.78. The maximum atomic E-state index is 12.5. The third-order valence-electron chi connectivity index (χ3n) is 4.60. The second kappa shape index (κ2) is 8.31. The van der Waals surface area contributed by atoms with E-state index in [0.29, 0.717) is 16.5 Å². The van der Waals surface area contributed by atoms with Gasteiger partial charge in [0.1, 0.15) is 5.82 Å². The molecule has 2 unspecified atom stereocenters. The third kappa shape index (κ3) is 4.46. The molecule has 1 aromatic heterocycles. The molecule has 148 valence electrons. The standard InChI is InChI=1S/C21H19ClN4O2S/c1-12(20-23-11-16(25-20)13-5-3-2-4-6-13)24-19(27)10-18-21(28)26-15-9-14(22)7-8-17(15)29-18/h2-9,11-12,18H,10H2,1H3,(H,23,25)(H,24,27)(H,26,28). The predicted molar refractivity (Wildman–Crippen MR) is 115 cm³/mol. The van der Waals surface area contributed by atoms with Gasteiger partial charge in [0.2, 0.25) is 11.8 Å². The number of anilines is 1. The van der Waals surface area contributed by atoms with Gasteiger partial charge in [-0.15, -0.1) is 11.8 Å². The monoisotopic (exact) mass is 426 g/mol. The first kappa shape index (κ1) is 19.5. The van der Waals surface area contributed by atoms with Gasteiger partial charge in [-0.3, -0.25) is 9.59 Å². The Hall–Kier alpha value is -2.77. The Labute approximate surface area is 177 Å². The molecule has 2 aromatic carbocycles. The van der Waals surface area contributed by atoms with Gasteiger partial charge < -0.3 is 15.6 Å². The topological polar surface area (TPSA) is 86.9 Å². The lowest BCUT2D eigenvalue weighted by molar-refractivity contribution is -0.124. The molecule has 1 aliphatic heterocycles. The molecule has 0 saturated heterocycles. The first-order valence-electron chi connectivity index (χ1n) is 9.16. The summed E-state index contributed by atoms with van der Waals surface area (Å²) in [4.78, 5) is 33.4. The summed E-state index contributed by atoms with van der Waals surface area (Å²) in [6, 6.07) is 14.9. The molecule has 2 amide bonds. The number of halogens is 1. The van der Waals surface area contributed by atoms with Crippen LogP contribution in [0.25, 0.3) is 11.3 Å². The number of rotatable bonds is 5. The highest BCUT2D eigenvalue weighted by Crippen LogP contribution is 2.38. The summed E-state index contributed by atoms with van der Waals surface area (Å²) in [5.74, 6) is 0.259. The highest BCUT2D eigenvalue weighted by Gasteiger charge is 2.29. The zero-order valence-corrected chi connectivity index (χ0v) is 17.2. The second-order valence-corrected chi connectivity index (χ2v) is 8.46. The zero-order valence-electron chi connectivity index (χ0n) is 15.6. The van der Waals surface area contributed by atoms with Crippen molar-refractivity contribution in [2.45, 2.75) is 29.5 Å². The van der Waals surface area contributed by atoms with Gasteiger partial charge in [0.05, 0.1) is 28.9 Å². The predicted octanol–water partition coefficient (Wildman–Crippen LogP) is 4.41. The van der Waals surface area contributed by atoms with Crippen molar-refractivity contribution in [2.75, 3.05) is 5.32 Å². The number of carbonyl (C=O) groups excluding carboxylic acids is 2. The van der Waals surface area contributed by atoms with Gasteiger partial charge in [-0.25, -0.2) is 4.98 Å². The molecule has 4 rings (SSSR count). The molecule has 29 heavy (non-hydrogen) atoms. The summed E-state index contributed by atoms with van der Waals surface area (Å²) < 4.78 is 0. The smallest absolute Gasteiger partial charge is 0.238 e. The van der Waals surface area contributed by atoms with Crippen LogP contribution >= 0.6 is 23.4 Å². The lowest BCUT2D eigenvalue weighted by Gasteiger charge is -2.24. The van der Waals surface area contributed by atoms with Crippen LogP contribution in [0, 0.1) is 0 Å². The van der Waals surface area contributed by atoms with Crippen LogP contribution < -0.4 is 10.6 Å². The Morgan fingerprint density at radius 2 is 2.07 bits per heavy atom. The quantitative estimate of drug-likeness (QED) is 0.564. The van der Waals surface area contributed by atoms with Crippen LogP contribution in [-0.4, -0.2) is 27.0 Å². The van der Waals surface area contributed by atoms with Crippen molar-refractivity contribution in [1.82, 2.24) is 15.3 Å². The van der Waals surface area contributed by atoms with E-state index in [4.69, 9.17) is 11.6 Å². The number of nitrogens with zero attached hydrogens (tertiary/aromatic N) is 1. The maximum Gasteiger partial charge on any atom is 0.238 e. The molecule has 3 N–H and O–H groups in total. The zero-order chi connectivity index (χ0) is 20.4. The van der Waals surface area contributed by atoms with Gasteiger partial charge in [0.15, 0.2) is 0 Å². The molecule has 1 aliphatic rings. The number of aromatic amines is 1. The van der Waals surface area contributed by atoms with Crippen molar-refractivity contribution in [3.63, 3.8) is 0 Å². The number of fused-ring (bicyclic) bond motifs is 1. The minimum absolute atomic E-state index is 0.0785. The average Bonchev–Trinajstić information content (AvgIpc) is 3.20. The average molecular weight is 427 g/mol. The van der Waals surface area contributed by atoms with Gasteiger partial charge in [-0.05, 0) is 30.7 Å². The Balaban J connectivity index is 1.38. The largest absolute Gasteiger partial charge is 0.346 e. The van der Waals surface area contributed by atoms with Crippen molar-refractivity contribution in [3.05, 3.63) is 65.6 Å². The van der Waals surface area contributed by atoms with E-state index < -0.39 is 5.25 Å². The van der Waals surface area contributed by atoms with Gasteiger partial charge in [0, 0.05) is 16.3 Å². The highest BCUT2D eigenvalue weighted by atomic mass is 35.5. The van der Waals surface area contributed by atoms with Crippen LogP contribution in [0.5, 0.6) is 0 Å². The van der Waals surface area contributed by atoms with Crippen LogP contribution in [0.3, 0.4) is 0 Å². The van der Waals surface area contributed by atoms with Crippen molar-refractivity contribution in [1.29, 1.82) is 0 Å². The molecular weight excluding hydrogens is 408 g/mol. The van der Waals surface area contributed by atoms with Gasteiger partial charge in [-0.1, -0.05) is 41.9 Å². The van der Waals surface area contributed by atoms with E-state index in [1.54, 1.807) is 18.3 Å². The summed E-state index contributed by atoms with van der Waals surface area (Å²) in [6.45, 7) is 1.86. The summed E-state index contributed by atoms with van der Waals surface area (Å²) in [5, 5.41) is 5.80. The van der Waals surface area contributed by atoms with Crippen molar-refractivity contribution < 1.29 is 9.59 Å². The summed E-state index contributed by atoms with van der Waals surface area (Å²) in [7, 11) is 0. The van der Waals surface area contributed by atoms with Crippen LogP contribution in [0.4, 0.5) is 5.69 Å². The fourth-order valence-corrected chi connectivity index (χ4v) is 4.38. The summed E-state index contributed by atoms with van der Waals surface area (Å²) >= 11 is 7.34. The molecule has 0 fully saturated rings. The molecule has 6 nitrogen and oxygen atoms in total. The van der Waals surface area contributed by atoms with E-state index in [0.717, 1.165) is 16.2 Å². The number of nitrogens with one attached hydrogen (secondary N) is 3. The van der Waals surface area contributed by atoms with E-state index in [9.17, 15) is 9.59 Å². The number of hydrogen-bond acceptors (Lipinski definition) is 4. The molecule has 0 aliphatic carbocycles. The molecular formula is C21H19ClN4O2S. The van der Waals surface area contributed by atoms with E-state index in [1.165, 1.54) is 11.8 Å². The number of amides is 2. The Morgan fingerprint density at radius 3 is 2.86 bits per heavy atom. The number of thioether (sulfide) groups is 1. The van der Waals surface area contributed by atoms with Crippen molar-refractivity contribution in [2.24, 2.45) is 0 Å². The normalized spacial score (nSPS) is 16.6. The molecule has 2 heterocycles. The molecule has 3 aromatic rings. The number of benzene rings is 2. The molecule has 0 radical (unpaired) electrons. The van der Waals surface area contributed by atoms with Crippen LogP contribution in [0.15, 0.2) is 59.6 Å². The minimum atomic E-state index is -0.493. The number of H-pyrrole nitrogens is 1. The Bertz CT molecular complexity index is 1050. The van der Waals surface area contributed by atoms with E-state index in [1.807, 2.05) is 43.3 Å². The number of aromatic nitrogens is 2. The molecule has 0 bridgehead atoms. The third-order valence-corrected chi connectivity index (χ3v) is 6.11. The van der Waals surface area contributed by atoms with E-state index >= 15 is 0 Å². The maximum absolute atomic E-state index is 12.5. The molecule has 2 atom stereocenters. The van der Waals surface area contributed by atoms with Gasteiger partial charge in [-0.2, -0.15) is 0 Å². The number of imidazole rings is 1. The Kier molecular flexibility index (Phi) is 5.60. The van der Waals surface area contributed by atoms with Crippen molar-refractivity contribution >= 4 is 40.9 Å². The lowest BCUT2D eigenvalue weighted by Crippen LogP contribution is -2.36. The van der Waals surface area contributed by atoms with Crippen LogP contribution in [-0.2, 0) is 9.59 Å². The lowest BCUT2D eigenvalue weighted by atomic mass is 10.2.